The number of nitrogens with zero attached hydrogens (tertiary/aromatic N) is 1. The lowest BCUT2D eigenvalue weighted by molar-refractivity contribution is -0.146. The van der Waals surface area contributed by atoms with Gasteiger partial charge in [0.05, 0.1) is 26.7 Å². The second-order valence-corrected chi connectivity index (χ2v) is 11.2. The lowest BCUT2D eigenvalue weighted by Crippen LogP contribution is -2.52. The molecule has 3 rings (SSSR count). The van der Waals surface area contributed by atoms with Crippen molar-refractivity contribution in [1.29, 1.82) is 0 Å². The van der Waals surface area contributed by atoms with Crippen molar-refractivity contribution in [2.24, 2.45) is 5.41 Å². The Morgan fingerprint density at radius 3 is 2.58 bits per heavy atom. The number of ether oxygens (including phenoxy) is 2. The zero-order chi connectivity index (χ0) is 27.6. The molecule has 206 valence electrons. The first-order valence-corrected chi connectivity index (χ1v) is 13.8. The molecule has 1 aliphatic heterocycles. The van der Waals surface area contributed by atoms with Gasteiger partial charge in [0.1, 0.15) is 6.04 Å². The molecular formula is C26H34N3O8P. The normalized spacial score (nSPS) is 21.2. The summed E-state index contributed by atoms with van der Waals surface area (Å²) in [5.41, 5.74) is 0.873. The number of esters is 2. The van der Waals surface area contributed by atoms with Crippen LogP contribution in [0.15, 0.2) is 54.9 Å². The highest BCUT2D eigenvalue weighted by Crippen LogP contribution is 2.53. The smallest absolute Gasteiger partial charge is 0.407 e. The highest BCUT2D eigenvalue weighted by Gasteiger charge is 2.49. The Bertz CT molecular complexity index is 1130. The summed E-state index contributed by atoms with van der Waals surface area (Å²) in [6, 6.07) is 12.0. The quantitative estimate of drug-likeness (QED) is 0.301. The third kappa shape index (κ3) is 8.73. The topological polar surface area (TPSA) is 142 Å². The highest BCUT2D eigenvalue weighted by molar-refractivity contribution is 7.51. The molecule has 0 bridgehead atoms. The van der Waals surface area contributed by atoms with Crippen molar-refractivity contribution in [3.05, 3.63) is 66.0 Å². The molecule has 2 aromatic rings. The first-order valence-electron chi connectivity index (χ1n) is 12.3. The molecule has 3 atom stereocenters. The van der Waals surface area contributed by atoms with Gasteiger partial charge in [-0.2, -0.15) is 0 Å². The van der Waals surface area contributed by atoms with Crippen molar-refractivity contribution in [3.8, 4) is 0 Å². The number of methoxy groups -OCH3 is 1. The Labute approximate surface area is 222 Å². The molecule has 1 amide bonds. The van der Waals surface area contributed by atoms with Gasteiger partial charge in [-0.25, -0.2) is 9.65 Å². The molecule has 0 aliphatic carbocycles. The number of benzene rings is 1. The van der Waals surface area contributed by atoms with Crippen LogP contribution in [0, 0.1) is 5.41 Å². The lowest BCUT2D eigenvalue weighted by Gasteiger charge is -2.40. The Morgan fingerprint density at radius 2 is 1.89 bits per heavy atom. The van der Waals surface area contributed by atoms with Crippen molar-refractivity contribution in [2.75, 3.05) is 26.9 Å². The van der Waals surface area contributed by atoms with E-state index in [0.717, 1.165) is 5.56 Å². The Morgan fingerprint density at radius 1 is 1.16 bits per heavy atom. The zero-order valence-electron chi connectivity index (χ0n) is 21.8. The van der Waals surface area contributed by atoms with Crippen LogP contribution in [0.5, 0.6) is 0 Å². The van der Waals surface area contributed by atoms with E-state index in [1.54, 1.807) is 38.4 Å². The number of hydrogen-bond acceptors (Lipinski definition) is 9. The van der Waals surface area contributed by atoms with Crippen LogP contribution in [0.3, 0.4) is 0 Å². The molecule has 0 saturated carbocycles. The molecule has 0 radical (unpaired) electrons. The molecule has 2 heterocycles. The van der Waals surface area contributed by atoms with E-state index in [1.165, 1.54) is 7.11 Å². The van der Waals surface area contributed by atoms with Gasteiger partial charge in [-0.15, -0.1) is 0 Å². The van der Waals surface area contributed by atoms with Crippen molar-refractivity contribution >= 4 is 25.6 Å². The number of amides is 1. The third-order valence-electron chi connectivity index (χ3n) is 5.89. The van der Waals surface area contributed by atoms with Crippen LogP contribution in [0.4, 0.5) is 0 Å². The van der Waals surface area contributed by atoms with E-state index < -0.39 is 43.2 Å². The predicted molar refractivity (Wildman–Crippen MR) is 138 cm³/mol. The molecule has 1 fully saturated rings. The predicted octanol–water partition coefficient (Wildman–Crippen LogP) is 2.60. The molecular weight excluding hydrogens is 513 g/mol. The van der Waals surface area contributed by atoms with E-state index >= 15 is 0 Å². The van der Waals surface area contributed by atoms with Crippen molar-refractivity contribution in [2.45, 2.75) is 45.3 Å². The van der Waals surface area contributed by atoms with Crippen LogP contribution in [-0.2, 0) is 50.3 Å². The Hall–Kier alpha value is -3.11. The van der Waals surface area contributed by atoms with Crippen LogP contribution in [0.2, 0.25) is 0 Å². The largest absolute Gasteiger partial charge is 0.469 e. The van der Waals surface area contributed by atoms with Gasteiger partial charge in [0, 0.05) is 37.2 Å². The minimum atomic E-state index is -4.12. The zero-order valence-corrected chi connectivity index (χ0v) is 22.6. The van der Waals surface area contributed by atoms with Gasteiger partial charge < -0.3 is 14.8 Å². The van der Waals surface area contributed by atoms with E-state index in [0.29, 0.717) is 12.0 Å². The summed E-state index contributed by atoms with van der Waals surface area (Å²) < 4.78 is 35.0. The number of rotatable bonds is 12. The number of aromatic nitrogens is 1. The van der Waals surface area contributed by atoms with Gasteiger partial charge in [-0.3, -0.25) is 28.4 Å². The lowest BCUT2D eigenvalue weighted by atomic mass is 9.87. The highest BCUT2D eigenvalue weighted by atomic mass is 31.2. The van der Waals surface area contributed by atoms with E-state index in [4.69, 9.17) is 13.8 Å². The maximum Gasteiger partial charge on any atom is 0.407 e. The van der Waals surface area contributed by atoms with Gasteiger partial charge in [0.2, 0.25) is 5.91 Å². The molecule has 12 heteroatoms. The second-order valence-electron chi connectivity index (χ2n) is 9.51. The van der Waals surface area contributed by atoms with Crippen molar-refractivity contribution in [1.82, 2.24) is 15.4 Å². The summed E-state index contributed by atoms with van der Waals surface area (Å²) in [5.74, 6) is -1.68. The van der Waals surface area contributed by atoms with Gasteiger partial charge in [-0.1, -0.05) is 50.2 Å². The summed E-state index contributed by atoms with van der Waals surface area (Å²) in [6.45, 7) is 3.53. The molecule has 0 spiro atoms. The molecule has 1 aromatic carbocycles. The average molecular weight is 548 g/mol. The van der Waals surface area contributed by atoms with Gasteiger partial charge in [0.25, 0.3) is 0 Å². The first kappa shape index (κ1) is 29.4. The molecule has 1 aliphatic rings. The van der Waals surface area contributed by atoms with E-state index in [9.17, 15) is 18.9 Å². The minimum absolute atomic E-state index is 0.0240. The monoisotopic (exact) mass is 547 g/mol. The summed E-state index contributed by atoms with van der Waals surface area (Å²) >= 11 is 0. The number of carbonyl (C=O) groups is 3. The average Bonchev–Trinajstić information content (AvgIpc) is 2.91. The number of nitrogens with one attached hydrogen (secondary N) is 2. The van der Waals surface area contributed by atoms with E-state index in [-0.39, 0.29) is 32.6 Å². The fourth-order valence-electron chi connectivity index (χ4n) is 3.73. The fraction of sp³-hybridized carbons (Fsp3) is 0.462. The molecule has 11 nitrogen and oxygen atoms in total. The van der Waals surface area contributed by atoms with E-state index in [1.807, 2.05) is 30.3 Å². The van der Waals surface area contributed by atoms with Crippen LogP contribution < -0.4 is 10.4 Å². The van der Waals surface area contributed by atoms with Gasteiger partial charge in [-0.05, 0) is 17.2 Å². The maximum atomic E-state index is 13.6. The van der Waals surface area contributed by atoms with Crippen LogP contribution in [-0.4, -0.2) is 61.8 Å². The Balaban J connectivity index is 1.69. The number of hydrogen-bond donors (Lipinski definition) is 2. The molecule has 38 heavy (non-hydrogen) atoms. The van der Waals surface area contributed by atoms with Gasteiger partial charge >= 0.3 is 19.7 Å². The molecule has 2 N–H and O–H groups in total. The second kappa shape index (κ2) is 13.6. The molecule has 1 unspecified atom stereocenters. The standard InChI is InChI=1S/C26H34N3O8P/c1-26(2)18-36-38(33,37-23(26)24(31)28-14-11-22(30)34-3)29-21(16-20-10-7-13-27-17-20)25(32)35-15-12-19-8-5-4-6-9-19/h4-10,13,17,21,23H,11-12,14-16,18H2,1-3H3,(H,28,31)(H,29,33)/t21-,23-,38?/m0/s1. The summed E-state index contributed by atoms with van der Waals surface area (Å²) in [6.07, 6.45) is 2.62. The maximum absolute atomic E-state index is 13.6. The van der Waals surface area contributed by atoms with Gasteiger partial charge in [0.15, 0.2) is 6.10 Å². The first-order chi connectivity index (χ1) is 18.1. The fourth-order valence-corrected chi connectivity index (χ4v) is 5.67. The molecule has 1 saturated heterocycles. The summed E-state index contributed by atoms with van der Waals surface area (Å²) in [5, 5.41) is 5.29. The third-order valence-corrected chi connectivity index (χ3v) is 7.48. The summed E-state index contributed by atoms with van der Waals surface area (Å²) in [7, 11) is -2.87. The van der Waals surface area contributed by atoms with Crippen LogP contribution >= 0.6 is 7.75 Å². The number of carbonyl (C=O) groups excluding carboxylic acids is 3. The van der Waals surface area contributed by atoms with Crippen molar-refractivity contribution < 1.29 is 37.5 Å². The molecule has 1 aromatic heterocycles. The van der Waals surface area contributed by atoms with E-state index in [2.05, 4.69) is 20.1 Å². The van der Waals surface area contributed by atoms with Crippen LogP contribution in [0.1, 0.15) is 31.4 Å². The number of pyridine rings is 1. The Kier molecular flexibility index (Phi) is 10.6. The minimum Gasteiger partial charge on any atom is -0.469 e. The SMILES string of the molecule is COC(=O)CCNC(=O)[C@@H]1OP(=O)(N[C@@H](Cc2cccnc2)C(=O)OCCc2ccccc2)OCC1(C)C. The van der Waals surface area contributed by atoms with Crippen LogP contribution in [0.25, 0.3) is 0 Å². The summed E-state index contributed by atoms with van der Waals surface area (Å²) in [4.78, 5) is 41.4. The van der Waals surface area contributed by atoms with Crippen molar-refractivity contribution in [3.63, 3.8) is 0 Å².